The third-order valence-corrected chi connectivity index (χ3v) is 2.85. The Morgan fingerprint density at radius 2 is 2.31 bits per heavy atom. The van der Waals surface area contributed by atoms with Crippen LogP contribution in [0.3, 0.4) is 0 Å². The van der Waals surface area contributed by atoms with Crippen molar-refractivity contribution in [2.24, 2.45) is 5.92 Å². The Morgan fingerprint density at radius 3 is 2.88 bits per heavy atom. The molecule has 0 radical (unpaired) electrons. The van der Waals surface area contributed by atoms with Crippen molar-refractivity contribution >= 4 is 21.6 Å². The topological polar surface area (TPSA) is 45.0 Å². The second kappa shape index (κ2) is 6.51. The van der Waals surface area contributed by atoms with Crippen LogP contribution in [0, 0.1) is 17.2 Å². The number of anilines is 1. The van der Waals surface area contributed by atoms with E-state index in [1.807, 2.05) is 12.1 Å². The lowest BCUT2D eigenvalue weighted by Crippen LogP contribution is -2.15. The molecule has 0 fully saturated rings. The van der Waals surface area contributed by atoms with E-state index in [-0.39, 0.29) is 0 Å². The van der Waals surface area contributed by atoms with Crippen LogP contribution in [0.25, 0.3) is 0 Å². The Balaban J connectivity index is 2.58. The van der Waals surface area contributed by atoms with Crippen LogP contribution in [0.2, 0.25) is 0 Å². The lowest BCUT2D eigenvalue weighted by Gasteiger charge is -2.13. The summed E-state index contributed by atoms with van der Waals surface area (Å²) < 4.78 is 5.98. The zero-order valence-corrected chi connectivity index (χ0v) is 11.0. The smallest absolute Gasteiger partial charge is 0.0992 e. The monoisotopic (exact) mass is 282 g/mol. The van der Waals surface area contributed by atoms with Crippen molar-refractivity contribution in [3.05, 3.63) is 28.2 Å². The van der Waals surface area contributed by atoms with Crippen LogP contribution in [0.5, 0.6) is 0 Å². The van der Waals surface area contributed by atoms with Gasteiger partial charge in [0, 0.05) is 23.8 Å². The summed E-state index contributed by atoms with van der Waals surface area (Å²) in [7, 11) is 1.70. The largest absolute Gasteiger partial charge is 0.384 e. The van der Waals surface area contributed by atoms with Crippen LogP contribution in [0.1, 0.15) is 12.5 Å². The average Bonchev–Trinajstić information content (AvgIpc) is 2.27. The van der Waals surface area contributed by atoms with E-state index in [1.165, 1.54) is 0 Å². The summed E-state index contributed by atoms with van der Waals surface area (Å²) >= 11 is 3.43. The summed E-state index contributed by atoms with van der Waals surface area (Å²) in [5.41, 5.74) is 1.66. The molecule has 86 valence electrons. The number of nitrogens with one attached hydrogen (secondary N) is 1. The molecule has 1 N–H and O–H groups in total. The van der Waals surface area contributed by atoms with Crippen LogP contribution < -0.4 is 5.32 Å². The number of halogens is 1. The molecule has 0 bridgehead atoms. The zero-order chi connectivity index (χ0) is 12.0. The maximum atomic E-state index is 8.73. The van der Waals surface area contributed by atoms with E-state index in [0.717, 1.165) is 23.3 Å². The minimum Gasteiger partial charge on any atom is -0.384 e. The fraction of sp³-hybridized carbons (Fsp3) is 0.417. The molecule has 0 aliphatic rings. The van der Waals surface area contributed by atoms with Crippen molar-refractivity contribution in [1.29, 1.82) is 5.26 Å². The molecule has 4 heteroatoms. The second-order valence-corrected chi connectivity index (χ2v) is 4.60. The van der Waals surface area contributed by atoms with Gasteiger partial charge in [-0.15, -0.1) is 0 Å². The molecular formula is C12H15BrN2O. The maximum absolute atomic E-state index is 8.73. The van der Waals surface area contributed by atoms with E-state index >= 15 is 0 Å². The summed E-state index contributed by atoms with van der Waals surface area (Å²) in [4.78, 5) is 0. The van der Waals surface area contributed by atoms with Crippen LogP contribution in [-0.2, 0) is 4.74 Å². The van der Waals surface area contributed by atoms with E-state index < -0.39 is 0 Å². The summed E-state index contributed by atoms with van der Waals surface area (Å²) in [5.74, 6) is 0.451. The van der Waals surface area contributed by atoms with Gasteiger partial charge in [0.1, 0.15) is 0 Å². The maximum Gasteiger partial charge on any atom is 0.0992 e. The van der Waals surface area contributed by atoms with Gasteiger partial charge in [-0.3, -0.25) is 0 Å². The normalized spacial score (nSPS) is 11.9. The first kappa shape index (κ1) is 13.0. The Labute approximate surface area is 105 Å². The van der Waals surface area contributed by atoms with E-state index in [0.29, 0.717) is 11.5 Å². The lowest BCUT2D eigenvalue weighted by atomic mass is 10.2. The summed E-state index contributed by atoms with van der Waals surface area (Å²) in [6.45, 7) is 3.70. The SMILES string of the molecule is COCC(C)CNc1ccc(C#N)cc1Br. The Kier molecular flexibility index (Phi) is 5.30. The quantitative estimate of drug-likeness (QED) is 0.903. The molecule has 1 atom stereocenters. The van der Waals surface area contributed by atoms with Gasteiger partial charge in [0.15, 0.2) is 0 Å². The van der Waals surface area contributed by atoms with Crippen molar-refractivity contribution < 1.29 is 4.74 Å². The molecule has 1 rings (SSSR count). The van der Waals surface area contributed by atoms with Crippen molar-refractivity contribution in [3.8, 4) is 6.07 Å². The van der Waals surface area contributed by atoms with Gasteiger partial charge in [-0.05, 0) is 40.0 Å². The van der Waals surface area contributed by atoms with Gasteiger partial charge < -0.3 is 10.1 Å². The van der Waals surface area contributed by atoms with Crippen molar-refractivity contribution in [2.45, 2.75) is 6.92 Å². The Bertz CT molecular complexity index is 387. The van der Waals surface area contributed by atoms with Gasteiger partial charge in [0.25, 0.3) is 0 Å². The van der Waals surface area contributed by atoms with Crippen molar-refractivity contribution in [3.63, 3.8) is 0 Å². The first-order valence-corrected chi connectivity index (χ1v) is 5.89. The van der Waals surface area contributed by atoms with Gasteiger partial charge in [0.2, 0.25) is 0 Å². The zero-order valence-electron chi connectivity index (χ0n) is 9.46. The van der Waals surface area contributed by atoms with Crippen LogP contribution in [0.15, 0.2) is 22.7 Å². The van der Waals surface area contributed by atoms with E-state index in [2.05, 4.69) is 34.2 Å². The van der Waals surface area contributed by atoms with Crippen LogP contribution in [0.4, 0.5) is 5.69 Å². The molecule has 1 aromatic rings. The van der Waals surface area contributed by atoms with Crippen LogP contribution >= 0.6 is 15.9 Å². The van der Waals surface area contributed by atoms with Gasteiger partial charge in [-0.2, -0.15) is 5.26 Å². The number of rotatable bonds is 5. The molecule has 1 aromatic carbocycles. The third kappa shape index (κ3) is 3.84. The molecule has 3 nitrogen and oxygen atoms in total. The summed E-state index contributed by atoms with van der Waals surface area (Å²) in [5, 5.41) is 12.0. The van der Waals surface area contributed by atoms with E-state index in [9.17, 15) is 0 Å². The lowest BCUT2D eigenvalue weighted by molar-refractivity contribution is 0.164. The van der Waals surface area contributed by atoms with E-state index in [4.69, 9.17) is 10.00 Å². The molecule has 0 saturated carbocycles. The molecule has 0 amide bonds. The molecule has 0 saturated heterocycles. The number of nitriles is 1. The third-order valence-electron chi connectivity index (χ3n) is 2.19. The summed E-state index contributed by atoms with van der Waals surface area (Å²) in [6.07, 6.45) is 0. The molecule has 16 heavy (non-hydrogen) atoms. The van der Waals surface area contributed by atoms with Gasteiger partial charge >= 0.3 is 0 Å². The molecular weight excluding hydrogens is 268 g/mol. The molecule has 0 aliphatic carbocycles. The molecule has 0 spiro atoms. The number of nitrogens with zero attached hydrogens (tertiary/aromatic N) is 1. The molecule has 1 unspecified atom stereocenters. The fourth-order valence-electron chi connectivity index (χ4n) is 1.36. The fourth-order valence-corrected chi connectivity index (χ4v) is 1.87. The predicted molar refractivity (Wildman–Crippen MR) is 68.4 cm³/mol. The highest BCUT2D eigenvalue weighted by molar-refractivity contribution is 9.10. The molecule has 0 heterocycles. The number of ether oxygens (including phenoxy) is 1. The van der Waals surface area contributed by atoms with Gasteiger partial charge in [-0.1, -0.05) is 6.92 Å². The standard InChI is InChI=1S/C12H15BrN2O/c1-9(8-16-2)7-15-12-4-3-10(6-14)5-11(12)13/h3-5,9,15H,7-8H2,1-2H3. The van der Waals surface area contributed by atoms with Gasteiger partial charge in [0.05, 0.1) is 18.2 Å². The minimum atomic E-state index is 0.451. The number of methoxy groups -OCH3 is 1. The minimum absolute atomic E-state index is 0.451. The number of hydrogen-bond donors (Lipinski definition) is 1. The highest BCUT2D eigenvalue weighted by atomic mass is 79.9. The number of benzene rings is 1. The molecule has 0 aliphatic heterocycles. The average molecular weight is 283 g/mol. The highest BCUT2D eigenvalue weighted by Crippen LogP contribution is 2.23. The summed E-state index contributed by atoms with van der Waals surface area (Å²) in [6, 6.07) is 7.62. The Hall–Kier alpha value is -1.05. The molecule has 0 aromatic heterocycles. The first-order valence-electron chi connectivity index (χ1n) is 5.09. The van der Waals surface area contributed by atoms with Crippen molar-refractivity contribution in [1.82, 2.24) is 0 Å². The van der Waals surface area contributed by atoms with Gasteiger partial charge in [-0.25, -0.2) is 0 Å². The second-order valence-electron chi connectivity index (χ2n) is 3.75. The van der Waals surface area contributed by atoms with E-state index in [1.54, 1.807) is 13.2 Å². The highest BCUT2D eigenvalue weighted by Gasteiger charge is 2.04. The number of hydrogen-bond acceptors (Lipinski definition) is 3. The predicted octanol–water partition coefficient (Wildman–Crippen LogP) is 3.02. The van der Waals surface area contributed by atoms with Crippen molar-refractivity contribution in [2.75, 3.05) is 25.6 Å². The Morgan fingerprint density at radius 1 is 1.56 bits per heavy atom. The first-order chi connectivity index (χ1) is 7.67. The van der Waals surface area contributed by atoms with Crippen LogP contribution in [-0.4, -0.2) is 20.3 Å².